The molecule has 1 atom stereocenters. The maximum absolute atomic E-state index is 13.6. The van der Waals surface area contributed by atoms with Gasteiger partial charge in [-0.25, -0.2) is 4.39 Å². The molecule has 100 valence electrons. The van der Waals surface area contributed by atoms with E-state index in [4.69, 9.17) is 4.74 Å². The van der Waals surface area contributed by atoms with Crippen molar-refractivity contribution in [2.45, 2.75) is 10.6 Å². The summed E-state index contributed by atoms with van der Waals surface area (Å²) in [7, 11) is 0.112. The minimum atomic E-state index is -1.44. The van der Waals surface area contributed by atoms with Crippen molar-refractivity contribution >= 4 is 26.7 Å². The van der Waals surface area contributed by atoms with Gasteiger partial charge in [-0.2, -0.15) is 0 Å². The molecule has 2 rings (SSSR count). The summed E-state index contributed by atoms with van der Waals surface area (Å²) in [6, 6.07) is 11.6. The van der Waals surface area contributed by atoms with Gasteiger partial charge in [-0.1, -0.05) is 28.1 Å². The van der Waals surface area contributed by atoms with E-state index in [2.05, 4.69) is 15.9 Å². The van der Waals surface area contributed by atoms with E-state index in [1.54, 1.807) is 25.3 Å². The van der Waals surface area contributed by atoms with Crippen LogP contribution in [0, 0.1) is 5.82 Å². The van der Waals surface area contributed by atoms with Crippen molar-refractivity contribution in [2.24, 2.45) is 0 Å². The molecule has 2 aromatic carbocycles. The van der Waals surface area contributed by atoms with Crippen LogP contribution in [0.3, 0.4) is 0 Å². The highest BCUT2D eigenvalue weighted by atomic mass is 79.9. The highest BCUT2D eigenvalue weighted by Gasteiger charge is 2.13. The van der Waals surface area contributed by atoms with Crippen molar-refractivity contribution in [3.63, 3.8) is 0 Å². The lowest BCUT2D eigenvalue weighted by molar-refractivity contribution is 0.411. The molecule has 2 nitrogen and oxygen atoms in total. The zero-order valence-electron chi connectivity index (χ0n) is 10.2. The lowest BCUT2D eigenvalue weighted by atomic mass is 10.2. The molecule has 2 aromatic rings. The van der Waals surface area contributed by atoms with Gasteiger partial charge < -0.3 is 4.74 Å². The molecule has 5 heteroatoms. The second-order valence-electron chi connectivity index (χ2n) is 3.88. The second-order valence-corrected chi connectivity index (χ2v) is 6.21. The Bertz CT molecular complexity index is 616. The molecule has 1 unspecified atom stereocenters. The summed E-state index contributed by atoms with van der Waals surface area (Å²) < 4.78 is 31.9. The molecule has 0 radical (unpaired) electrons. The predicted molar refractivity (Wildman–Crippen MR) is 77.2 cm³/mol. The summed E-state index contributed by atoms with van der Waals surface area (Å²) in [6.45, 7) is 0. The molecule has 0 amide bonds. The minimum absolute atomic E-state index is 0.212. The summed E-state index contributed by atoms with van der Waals surface area (Å²) in [4.78, 5) is 0.213. The Morgan fingerprint density at radius 3 is 2.68 bits per heavy atom. The Morgan fingerprint density at radius 2 is 2.00 bits per heavy atom. The van der Waals surface area contributed by atoms with Crippen LogP contribution in [0.5, 0.6) is 5.75 Å². The molecule has 0 N–H and O–H groups in total. The van der Waals surface area contributed by atoms with Crippen LogP contribution in [-0.2, 0) is 16.6 Å². The minimum Gasteiger partial charge on any atom is -0.496 e. The van der Waals surface area contributed by atoms with E-state index < -0.39 is 16.6 Å². The fraction of sp³-hybridized carbons (Fsp3) is 0.143. The van der Waals surface area contributed by atoms with Crippen molar-refractivity contribution in [1.82, 2.24) is 0 Å². The first-order valence-corrected chi connectivity index (χ1v) is 7.68. The maximum atomic E-state index is 13.6. The van der Waals surface area contributed by atoms with Crippen molar-refractivity contribution in [3.05, 3.63) is 58.3 Å². The molecule has 0 fully saturated rings. The summed E-state index contributed by atoms with van der Waals surface area (Å²) in [5.41, 5.74) is 0.776. The molecule has 0 saturated heterocycles. The van der Waals surface area contributed by atoms with Gasteiger partial charge in [0.05, 0.1) is 28.6 Å². The maximum Gasteiger partial charge on any atom is 0.139 e. The molecule has 0 saturated carbocycles. The van der Waals surface area contributed by atoms with E-state index in [1.165, 1.54) is 12.1 Å². The standard InChI is InChI=1S/C14H12BrFO2S/c1-18-13-7-6-11(15)8-10(13)9-19(17)14-5-3-2-4-12(14)16/h2-8H,9H2,1H3. The van der Waals surface area contributed by atoms with Gasteiger partial charge >= 0.3 is 0 Å². The second kappa shape index (κ2) is 6.30. The Balaban J connectivity index is 2.29. The lowest BCUT2D eigenvalue weighted by Crippen LogP contribution is -2.01. The highest BCUT2D eigenvalue weighted by molar-refractivity contribution is 9.10. The van der Waals surface area contributed by atoms with Crippen LogP contribution in [0.2, 0.25) is 0 Å². The topological polar surface area (TPSA) is 26.3 Å². The smallest absolute Gasteiger partial charge is 0.139 e. The van der Waals surface area contributed by atoms with Crippen LogP contribution in [0.25, 0.3) is 0 Å². The first-order valence-electron chi connectivity index (χ1n) is 5.57. The van der Waals surface area contributed by atoms with Crippen LogP contribution in [0.15, 0.2) is 51.8 Å². The molecule has 19 heavy (non-hydrogen) atoms. The number of ether oxygens (including phenoxy) is 1. The van der Waals surface area contributed by atoms with Gasteiger partial charge in [0, 0.05) is 10.0 Å². The van der Waals surface area contributed by atoms with E-state index in [0.717, 1.165) is 10.0 Å². The first kappa shape index (κ1) is 14.2. The zero-order chi connectivity index (χ0) is 13.8. The number of hydrogen-bond donors (Lipinski definition) is 0. The van der Waals surface area contributed by atoms with E-state index in [0.29, 0.717) is 5.75 Å². The van der Waals surface area contributed by atoms with Crippen molar-refractivity contribution < 1.29 is 13.3 Å². The van der Waals surface area contributed by atoms with E-state index >= 15 is 0 Å². The third-order valence-electron chi connectivity index (χ3n) is 2.61. The summed E-state index contributed by atoms with van der Waals surface area (Å²) >= 11 is 3.36. The molecule has 0 aliphatic rings. The Labute approximate surface area is 122 Å². The van der Waals surface area contributed by atoms with Gasteiger partial charge in [-0.15, -0.1) is 0 Å². The fourth-order valence-electron chi connectivity index (χ4n) is 1.71. The van der Waals surface area contributed by atoms with Gasteiger partial charge in [-0.3, -0.25) is 4.21 Å². The van der Waals surface area contributed by atoms with Crippen LogP contribution in [0.4, 0.5) is 4.39 Å². The normalized spacial score (nSPS) is 12.2. The Morgan fingerprint density at radius 1 is 1.26 bits per heavy atom. The van der Waals surface area contributed by atoms with Crippen molar-refractivity contribution in [1.29, 1.82) is 0 Å². The average Bonchev–Trinajstić information content (AvgIpc) is 2.39. The summed E-state index contributed by atoms with van der Waals surface area (Å²) in [6.07, 6.45) is 0. The van der Waals surface area contributed by atoms with Gasteiger partial charge in [0.25, 0.3) is 0 Å². The highest BCUT2D eigenvalue weighted by Crippen LogP contribution is 2.26. The van der Waals surface area contributed by atoms with Crippen molar-refractivity contribution in [2.75, 3.05) is 7.11 Å². The van der Waals surface area contributed by atoms with Crippen molar-refractivity contribution in [3.8, 4) is 5.75 Å². The fourth-order valence-corrected chi connectivity index (χ4v) is 3.30. The summed E-state index contributed by atoms with van der Waals surface area (Å²) in [5.74, 6) is 0.409. The van der Waals surface area contributed by atoms with Crippen LogP contribution in [0.1, 0.15) is 5.56 Å². The third kappa shape index (κ3) is 3.42. The number of rotatable bonds is 4. The third-order valence-corrected chi connectivity index (χ3v) is 4.50. The molecule has 0 aliphatic heterocycles. The Hall–Kier alpha value is -1.20. The monoisotopic (exact) mass is 342 g/mol. The molecule has 0 aliphatic carbocycles. The quantitative estimate of drug-likeness (QED) is 0.842. The number of hydrogen-bond acceptors (Lipinski definition) is 2. The predicted octanol–water partition coefficient (Wildman–Crippen LogP) is 3.90. The molecule has 0 aromatic heterocycles. The molecule has 0 bridgehead atoms. The molecular weight excluding hydrogens is 331 g/mol. The number of benzene rings is 2. The van der Waals surface area contributed by atoms with Gasteiger partial charge in [-0.05, 0) is 30.3 Å². The largest absolute Gasteiger partial charge is 0.496 e. The first-order chi connectivity index (χ1) is 9.11. The van der Waals surface area contributed by atoms with Gasteiger partial charge in [0.15, 0.2) is 0 Å². The zero-order valence-corrected chi connectivity index (χ0v) is 12.6. The number of methoxy groups -OCH3 is 1. The van der Waals surface area contributed by atoms with Gasteiger partial charge in [0.2, 0.25) is 0 Å². The van der Waals surface area contributed by atoms with Gasteiger partial charge in [0.1, 0.15) is 11.6 Å². The lowest BCUT2D eigenvalue weighted by Gasteiger charge is -2.09. The molecule has 0 heterocycles. The van der Waals surface area contributed by atoms with E-state index in [1.807, 2.05) is 12.1 Å². The van der Waals surface area contributed by atoms with Crippen LogP contribution < -0.4 is 4.74 Å². The van der Waals surface area contributed by atoms with Crippen LogP contribution in [-0.4, -0.2) is 11.3 Å². The SMILES string of the molecule is COc1ccc(Br)cc1CS(=O)c1ccccc1F. The number of halogens is 2. The van der Waals surface area contributed by atoms with Crippen LogP contribution >= 0.6 is 15.9 Å². The van der Waals surface area contributed by atoms with E-state index in [-0.39, 0.29) is 10.6 Å². The Kier molecular flexibility index (Phi) is 4.71. The van der Waals surface area contributed by atoms with E-state index in [9.17, 15) is 8.60 Å². The summed E-state index contributed by atoms with van der Waals surface area (Å²) in [5, 5.41) is 0. The molecular formula is C14H12BrFO2S. The average molecular weight is 343 g/mol. The molecule has 0 spiro atoms.